The summed E-state index contributed by atoms with van der Waals surface area (Å²) in [7, 11) is 0. The van der Waals surface area contributed by atoms with Crippen molar-refractivity contribution in [1.82, 2.24) is 9.80 Å². The molecule has 1 heterocycles. The number of hydrogen-bond acceptors (Lipinski definition) is 2. The van der Waals surface area contributed by atoms with Gasteiger partial charge in [-0.15, -0.1) is 0 Å². The van der Waals surface area contributed by atoms with Crippen molar-refractivity contribution in [2.24, 2.45) is 0 Å². The van der Waals surface area contributed by atoms with E-state index in [2.05, 4.69) is 0 Å². The summed E-state index contributed by atoms with van der Waals surface area (Å²) in [6.45, 7) is 1.98. The van der Waals surface area contributed by atoms with Gasteiger partial charge in [0.2, 0.25) is 0 Å². The fourth-order valence-corrected chi connectivity index (χ4v) is 2.69. The van der Waals surface area contributed by atoms with Crippen LogP contribution >= 0.6 is 46.4 Å². The van der Waals surface area contributed by atoms with Crippen molar-refractivity contribution < 1.29 is 9.59 Å². The maximum Gasteiger partial charge on any atom is 0.255 e. The maximum absolute atomic E-state index is 11.9. The molecule has 0 aromatic carbocycles. The molecule has 0 atom stereocenters. The lowest BCUT2D eigenvalue weighted by molar-refractivity contribution is -0.133. The van der Waals surface area contributed by atoms with Crippen molar-refractivity contribution >= 4 is 58.2 Å². The summed E-state index contributed by atoms with van der Waals surface area (Å²) in [6, 6.07) is 0. The Morgan fingerprint density at radius 1 is 0.650 bits per heavy atom. The van der Waals surface area contributed by atoms with Crippen molar-refractivity contribution in [3.05, 3.63) is 0 Å². The summed E-state index contributed by atoms with van der Waals surface area (Å²) in [6.07, 6.45) is 3.81. The number of carbonyl (C=O) groups is 2. The molecular formula is C12H18Cl4N2O2. The van der Waals surface area contributed by atoms with Crippen LogP contribution in [0.25, 0.3) is 0 Å². The molecule has 20 heavy (non-hydrogen) atoms. The lowest BCUT2D eigenvalue weighted by atomic mass is 10.1. The highest BCUT2D eigenvalue weighted by Crippen LogP contribution is 2.14. The van der Waals surface area contributed by atoms with Crippen LogP contribution < -0.4 is 0 Å². The van der Waals surface area contributed by atoms with Crippen molar-refractivity contribution in [1.29, 1.82) is 0 Å². The molecule has 1 aliphatic heterocycles. The van der Waals surface area contributed by atoms with E-state index in [1.54, 1.807) is 9.80 Å². The molecule has 0 aromatic heterocycles. The average Bonchev–Trinajstić information content (AvgIpc) is 2.42. The molecule has 4 nitrogen and oxygen atoms in total. The number of rotatable bonds is 2. The number of nitrogens with zero attached hydrogens (tertiary/aromatic N) is 2. The van der Waals surface area contributed by atoms with E-state index in [9.17, 15) is 9.59 Å². The average molecular weight is 364 g/mol. The van der Waals surface area contributed by atoms with Crippen molar-refractivity contribution in [3.8, 4) is 0 Å². The van der Waals surface area contributed by atoms with E-state index in [1.165, 1.54) is 0 Å². The van der Waals surface area contributed by atoms with E-state index >= 15 is 0 Å². The summed E-state index contributed by atoms with van der Waals surface area (Å²) < 4.78 is 0. The van der Waals surface area contributed by atoms with Crippen LogP contribution in [0.4, 0.5) is 0 Å². The quantitative estimate of drug-likeness (QED) is 0.708. The van der Waals surface area contributed by atoms with Gasteiger partial charge in [0, 0.05) is 26.2 Å². The zero-order valence-corrected chi connectivity index (χ0v) is 14.1. The molecule has 116 valence electrons. The third-order valence-corrected chi connectivity index (χ3v) is 3.99. The Morgan fingerprint density at radius 2 is 1.00 bits per heavy atom. The molecule has 0 saturated carbocycles. The lowest BCUT2D eigenvalue weighted by Gasteiger charge is -2.30. The fourth-order valence-electron chi connectivity index (χ4n) is 2.14. The first kappa shape index (κ1) is 18.1. The minimum Gasteiger partial charge on any atom is -0.339 e. The molecule has 0 N–H and O–H groups in total. The van der Waals surface area contributed by atoms with Crippen LogP contribution in [0.3, 0.4) is 0 Å². The van der Waals surface area contributed by atoms with Gasteiger partial charge in [-0.2, -0.15) is 0 Å². The molecule has 0 radical (unpaired) electrons. The number of halogens is 4. The van der Waals surface area contributed by atoms with Gasteiger partial charge in [0.15, 0.2) is 9.67 Å². The summed E-state index contributed by atoms with van der Waals surface area (Å²) in [4.78, 5) is 24.8. The minimum atomic E-state index is -1.07. The second-order valence-electron chi connectivity index (χ2n) is 4.67. The topological polar surface area (TPSA) is 40.6 Å². The second kappa shape index (κ2) is 9.19. The Labute approximate surface area is 139 Å². The van der Waals surface area contributed by atoms with Gasteiger partial charge in [0.05, 0.1) is 0 Å². The van der Waals surface area contributed by atoms with Crippen molar-refractivity contribution in [2.75, 3.05) is 26.2 Å². The Morgan fingerprint density at radius 3 is 1.30 bits per heavy atom. The zero-order valence-electron chi connectivity index (χ0n) is 11.0. The summed E-state index contributed by atoms with van der Waals surface area (Å²) >= 11 is 22.5. The van der Waals surface area contributed by atoms with Gasteiger partial charge >= 0.3 is 0 Å². The first-order valence-electron chi connectivity index (χ1n) is 6.57. The van der Waals surface area contributed by atoms with Gasteiger partial charge in [-0.25, -0.2) is 0 Å². The Balaban J connectivity index is 2.68. The minimum absolute atomic E-state index is 0.324. The van der Waals surface area contributed by atoms with E-state index in [-0.39, 0.29) is 11.8 Å². The highest BCUT2D eigenvalue weighted by Gasteiger charge is 2.24. The van der Waals surface area contributed by atoms with Gasteiger partial charge in [-0.05, 0) is 12.8 Å². The highest BCUT2D eigenvalue weighted by molar-refractivity contribution is 6.53. The van der Waals surface area contributed by atoms with E-state index in [0.717, 1.165) is 25.7 Å². The van der Waals surface area contributed by atoms with Gasteiger partial charge in [0.1, 0.15) is 0 Å². The van der Waals surface area contributed by atoms with E-state index in [0.29, 0.717) is 26.2 Å². The smallest absolute Gasteiger partial charge is 0.255 e. The number of amides is 2. The van der Waals surface area contributed by atoms with E-state index in [4.69, 9.17) is 46.4 Å². The van der Waals surface area contributed by atoms with Gasteiger partial charge < -0.3 is 9.80 Å². The number of hydrogen-bond donors (Lipinski definition) is 0. The lowest BCUT2D eigenvalue weighted by Crippen LogP contribution is -2.45. The summed E-state index contributed by atoms with van der Waals surface area (Å²) in [5.74, 6) is -0.649. The van der Waals surface area contributed by atoms with Crippen LogP contribution in [-0.2, 0) is 9.59 Å². The maximum atomic E-state index is 11.9. The van der Waals surface area contributed by atoms with Gasteiger partial charge in [0.25, 0.3) is 11.8 Å². The van der Waals surface area contributed by atoms with Crippen LogP contribution in [-0.4, -0.2) is 57.5 Å². The third-order valence-electron chi connectivity index (χ3n) is 3.24. The van der Waals surface area contributed by atoms with Crippen LogP contribution in [0.1, 0.15) is 25.7 Å². The molecule has 1 fully saturated rings. The molecule has 2 amide bonds. The molecule has 0 aliphatic carbocycles. The predicted octanol–water partition coefficient (Wildman–Crippen LogP) is 2.83. The monoisotopic (exact) mass is 362 g/mol. The molecule has 8 heteroatoms. The predicted molar refractivity (Wildman–Crippen MR) is 82.6 cm³/mol. The molecule has 1 saturated heterocycles. The SMILES string of the molecule is O=C(C(Cl)Cl)N1CCCCCCN(C(=O)C(Cl)Cl)CC1. The van der Waals surface area contributed by atoms with Crippen LogP contribution in [0.5, 0.6) is 0 Å². The van der Waals surface area contributed by atoms with Gasteiger partial charge in [-0.3, -0.25) is 9.59 Å². The molecular weight excluding hydrogens is 346 g/mol. The summed E-state index contributed by atoms with van der Waals surface area (Å²) in [5.41, 5.74) is 0. The largest absolute Gasteiger partial charge is 0.339 e. The molecule has 0 unspecified atom stereocenters. The normalized spacial score (nSPS) is 18.5. The Bertz CT molecular complexity index is 307. The first-order valence-corrected chi connectivity index (χ1v) is 8.32. The van der Waals surface area contributed by atoms with Gasteiger partial charge in [-0.1, -0.05) is 59.2 Å². The van der Waals surface area contributed by atoms with Crippen LogP contribution in [0.15, 0.2) is 0 Å². The first-order chi connectivity index (χ1) is 9.43. The molecule has 0 spiro atoms. The van der Waals surface area contributed by atoms with Crippen molar-refractivity contribution in [2.45, 2.75) is 35.4 Å². The molecule has 1 aliphatic rings. The Kier molecular flexibility index (Phi) is 8.34. The molecule has 1 rings (SSSR count). The van der Waals surface area contributed by atoms with Crippen LogP contribution in [0.2, 0.25) is 0 Å². The van der Waals surface area contributed by atoms with E-state index in [1.807, 2.05) is 0 Å². The highest BCUT2D eigenvalue weighted by atomic mass is 35.5. The number of carbonyl (C=O) groups excluding carboxylic acids is 2. The van der Waals surface area contributed by atoms with Crippen molar-refractivity contribution in [3.63, 3.8) is 0 Å². The van der Waals surface area contributed by atoms with E-state index < -0.39 is 9.67 Å². The molecule has 0 bridgehead atoms. The van der Waals surface area contributed by atoms with Crippen LogP contribution in [0, 0.1) is 0 Å². The second-order valence-corrected chi connectivity index (χ2v) is 6.86. The fraction of sp³-hybridized carbons (Fsp3) is 0.833. The zero-order chi connectivity index (χ0) is 15.1. The Hall–Kier alpha value is 0.1000. The standard InChI is InChI=1S/C12H18Cl4N2O2/c13-9(14)11(19)17-5-3-1-2-4-6-18(8-7-17)12(20)10(15)16/h9-10H,1-8H2. The summed E-state index contributed by atoms with van der Waals surface area (Å²) in [5, 5.41) is 0. The third kappa shape index (κ3) is 5.84. The molecule has 0 aromatic rings. The number of alkyl halides is 4.